The van der Waals surface area contributed by atoms with E-state index in [0.717, 1.165) is 16.5 Å². The van der Waals surface area contributed by atoms with Gasteiger partial charge in [0, 0.05) is 28.1 Å². The van der Waals surface area contributed by atoms with E-state index in [2.05, 4.69) is 15.0 Å². The van der Waals surface area contributed by atoms with Crippen LogP contribution in [0, 0.1) is 0 Å². The van der Waals surface area contributed by atoms with Gasteiger partial charge < -0.3 is 0 Å². The molecule has 4 nitrogen and oxygen atoms in total. The fourth-order valence-electron chi connectivity index (χ4n) is 1.55. The average molecular weight is 245 g/mol. The molecule has 1 aromatic carbocycles. The van der Waals surface area contributed by atoms with Crippen LogP contribution in [0.25, 0.3) is 27.4 Å². The molecule has 5 heteroatoms. The Balaban J connectivity index is 2.40. The smallest absolute Gasteiger partial charge is 0.0722 e. The molecule has 0 N–H and O–H groups in total. The molecule has 0 aliphatic rings. The fourth-order valence-corrected chi connectivity index (χ4v) is 1.72. The van der Waals surface area contributed by atoms with Gasteiger partial charge in [-0.05, 0) is 29.3 Å². The highest BCUT2D eigenvalue weighted by atomic mass is 35.5. The number of nitrogens with zero attached hydrogens (tertiary/aromatic N) is 4. The van der Waals surface area contributed by atoms with Gasteiger partial charge in [0.05, 0.1) is 5.52 Å². The summed E-state index contributed by atoms with van der Waals surface area (Å²) in [6.07, 6.45) is 5.45. The third kappa shape index (κ3) is 2.75. The van der Waals surface area contributed by atoms with Crippen LogP contribution in [0.15, 0.2) is 41.7 Å². The number of hydrogen-bond donors (Lipinski definition) is 0. The summed E-state index contributed by atoms with van der Waals surface area (Å²) >= 11 is 5.90. The Bertz CT molecular complexity index is 615. The largest absolute Gasteiger partial charge is 0.256 e. The molecule has 0 aliphatic heterocycles. The highest BCUT2D eigenvalue weighted by molar-refractivity contribution is 6.31. The second kappa shape index (κ2) is 5.34. The summed E-state index contributed by atoms with van der Waals surface area (Å²) in [6, 6.07) is 7.48. The van der Waals surface area contributed by atoms with E-state index in [-0.39, 0.29) is 0 Å². The van der Waals surface area contributed by atoms with Crippen LogP contribution in [0.4, 0.5) is 0 Å². The van der Waals surface area contributed by atoms with Crippen LogP contribution in [-0.4, -0.2) is 11.5 Å². The van der Waals surface area contributed by atoms with Crippen LogP contribution >= 0.6 is 11.6 Å². The molecular weight excluding hydrogens is 236 g/mol. The lowest BCUT2D eigenvalue weighted by Gasteiger charge is -2.01. The maximum atomic E-state index is 8.17. The first-order valence-electron chi connectivity index (χ1n) is 5.03. The molecule has 0 unspecified atom stereocenters. The third-order valence-corrected chi connectivity index (χ3v) is 2.52. The van der Waals surface area contributed by atoms with E-state index in [0.29, 0.717) is 11.6 Å². The van der Waals surface area contributed by atoms with Gasteiger partial charge in [-0.3, -0.25) is 4.98 Å². The standard InChI is InChI=1S/C12H9ClN4/c13-10-3-4-11-9(2-1-6-16-17-14)5-7-15-12(11)8-10/h1-5,7-8H,6H2. The maximum absolute atomic E-state index is 8.17. The number of hydrogen-bond acceptors (Lipinski definition) is 2. The van der Waals surface area contributed by atoms with Gasteiger partial charge in [-0.15, -0.1) is 0 Å². The predicted octanol–water partition coefficient (Wildman–Crippen LogP) is 4.21. The summed E-state index contributed by atoms with van der Waals surface area (Å²) in [5.74, 6) is 0. The van der Waals surface area contributed by atoms with Crippen molar-refractivity contribution >= 4 is 28.6 Å². The Kier molecular flexibility index (Phi) is 3.60. The summed E-state index contributed by atoms with van der Waals surface area (Å²) in [6.45, 7) is 0.341. The molecule has 1 heterocycles. The Hall–Kier alpha value is -2.03. The lowest BCUT2D eigenvalue weighted by atomic mass is 10.1. The van der Waals surface area contributed by atoms with E-state index in [1.807, 2.05) is 36.4 Å². The monoisotopic (exact) mass is 244 g/mol. The highest BCUT2D eigenvalue weighted by Crippen LogP contribution is 2.21. The Labute approximate surface area is 103 Å². The Morgan fingerprint density at radius 2 is 2.29 bits per heavy atom. The van der Waals surface area contributed by atoms with E-state index in [1.54, 1.807) is 6.20 Å². The fraction of sp³-hybridized carbons (Fsp3) is 0.0833. The van der Waals surface area contributed by atoms with E-state index in [4.69, 9.17) is 17.1 Å². The van der Waals surface area contributed by atoms with E-state index in [9.17, 15) is 0 Å². The normalized spacial score (nSPS) is 10.6. The summed E-state index contributed by atoms with van der Waals surface area (Å²) in [5, 5.41) is 5.13. The SMILES string of the molecule is [N-]=[N+]=NCC=Cc1ccnc2cc(Cl)ccc12. The van der Waals surface area contributed by atoms with Crippen molar-refractivity contribution in [2.45, 2.75) is 0 Å². The highest BCUT2D eigenvalue weighted by Gasteiger charge is 1.99. The molecule has 0 saturated heterocycles. The number of fused-ring (bicyclic) bond motifs is 1. The van der Waals surface area contributed by atoms with Crippen molar-refractivity contribution in [3.8, 4) is 0 Å². The number of rotatable bonds is 3. The first-order chi connectivity index (χ1) is 8.31. The minimum atomic E-state index is 0.341. The van der Waals surface area contributed by atoms with Crippen molar-refractivity contribution in [1.29, 1.82) is 0 Å². The molecule has 0 amide bonds. The van der Waals surface area contributed by atoms with Crippen molar-refractivity contribution in [1.82, 2.24) is 4.98 Å². The number of benzene rings is 1. The second-order valence-electron chi connectivity index (χ2n) is 3.38. The van der Waals surface area contributed by atoms with Gasteiger partial charge in [0.2, 0.25) is 0 Å². The first-order valence-corrected chi connectivity index (χ1v) is 5.41. The van der Waals surface area contributed by atoms with Gasteiger partial charge in [0.25, 0.3) is 0 Å². The minimum Gasteiger partial charge on any atom is -0.256 e. The van der Waals surface area contributed by atoms with Gasteiger partial charge in [-0.25, -0.2) is 0 Å². The maximum Gasteiger partial charge on any atom is 0.0722 e. The lowest BCUT2D eigenvalue weighted by molar-refractivity contribution is 1.22. The van der Waals surface area contributed by atoms with Crippen LogP contribution in [0.3, 0.4) is 0 Å². The van der Waals surface area contributed by atoms with Crippen molar-refractivity contribution in [3.63, 3.8) is 0 Å². The molecule has 0 saturated carbocycles. The predicted molar refractivity (Wildman–Crippen MR) is 69.8 cm³/mol. The zero-order valence-electron chi connectivity index (χ0n) is 8.92. The molecule has 0 aliphatic carbocycles. The summed E-state index contributed by atoms with van der Waals surface area (Å²) < 4.78 is 0. The van der Waals surface area contributed by atoms with Crippen LogP contribution in [-0.2, 0) is 0 Å². The molecule has 0 bridgehead atoms. The minimum absolute atomic E-state index is 0.341. The molecule has 2 aromatic rings. The van der Waals surface area contributed by atoms with Gasteiger partial charge >= 0.3 is 0 Å². The first kappa shape index (κ1) is 11.5. The molecule has 0 radical (unpaired) electrons. The van der Waals surface area contributed by atoms with Gasteiger partial charge in [0.1, 0.15) is 0 Å². The number of aromatic nitrogens is 1. The van der Waals surface area contributed by atoms with E-state index in [1.165, 1.54) is 0 Å². The van der Waals surface area contributed by atoms with Crippen LogP contribution < -0.4 is 0 Å². The lowest BCUT2D eigenvalue weighted by Crippen LogP contribution is -1.82. The molecular formula is C12H9ClN4. The molecule has 0 atom stereocenters. The summed E-state index contributed by atoms with van der Waals surface area (Å²) in [7, 11) is 0. The van der Waals surface area contributed by atoms with Crippen LogP contribution in [0.2, 0.25) is 5.02 Å². The Morgan fingerprint density at radius 3 is 3.12 bits per heavy atom. The molecule has 0 fully saturated rings. The Morgan fingerprint density at radius 1 is 1.41 bits per heavy atom. The molecule has 2 rings (SSSR count). The second-order valence-corrected chi connectivity index (χ2v) is 3.81. The molecule has 84 valence electrons. The molecule has 1 aromatic heterocycles. The van der Waals surface area contributed by atoms with E-state index < -0.39 is 0 Å². The van der Waals surface area contributed by atoms with Crippen LogP contribution in [0.5, 0.6) is 0 Å². The zero-order chi connectivity index (χ0) is 12.1. The van der Waals surface area contributed by atoms with E-state index >= 15 is 0 Å². The van der Waals surface area contributed by atoms with Crippen molar-refractivity contribution in [3.05, 3.63) is 57.6 Å². The summed E-state index contributed by atoms with van der Waals surface area (Å²) in [5.41, 5.74) is 10.0. The van der Waals surface area contributed by atoms with Gasteiger partial charge in [0.15, 0.2) is 0 Å². The topological polar surface area (TPSA) is 61.7 Å². The number of halogens is 1. The molecule has 0 spiro atoms. The number of pyridine rings is 1. The number of azide groups is 1. The van der Waals surface area contributed by atoms with Crippen molar-refractivity contribution < 1.29 is 0 Å². The van der Waals surface area contributed by atoms with Crippen LogP contribution in [0.1, 0.15) is 5.56 Å². The van der Waals surface area contributed by atoms with Crippen molar-refractivity contribution in [2.75, 3.05) is 6.54 Å². The summed E-state index contributed by atoms with van der Waals surface area (Å²) in [4.78, 5) is 6.93. The van der Waals surface area contributed by atoms with Crippen molar-refractivity contribution in [2.24, 2.45) is 5.11 Å². The average Bonchev–Trinajstić information content (AvgIpc) is 2.34. The van der Waals surface area contributed by atoms with Gasteiger partial charge in [-0.1, -0.05) is 34.9 Å². The zero-order valence-corrected chi connectivity index (χ0v) is 9.67. The third-order valence-electron chi connectivity index (χ3n) is 2.29. The quantitative estimate of drug-likeness (QED) is 0.453. The molecule has 17 heavy (non-hydrogen) atoms. The van der Waals surface area contributed by atoms with Gasteiger partial charge in [-0.2, -0.15) is 0 Å².